The van der Waals surface area contributed by atoms with Crippen molar-refractivity contribution in [1.29, 1.82) is 0 Å². The largest absolute Gasteiger partial charge is 0.484 e. The van der Waals surface area contributed by atoms with Crippen molar-refractivity contribution in [1.82, 2.24) is 5.32 Å². The van der Waals surface area contributed by atoms with Crippen LogP contribution in [0, 0.1) is 0 Å². The van der Waals surface area contributed by atoms with Gasteiger partial charge in [-0.1, -0.05) is 12.1 Å². The lowest BCUT2D eigenvalue weighted by Crippen LogP contribution is -2.24. The van der Waals surface area contributed by atoms with Gasteiger partial charge in [0.05, 0.1) is 0 Å². The van der Waals surface area contributed by atoms with Crippen LogP contribution in [-0.2, 0) is 6.42 Å². The Bertz CT molecular complexity index is 726. The van der Waals surface area contributed by atoms with Crippen LogP contribution in [0.5, 0.6) is 5.75 Å². The minimum absolute atomic E-state index is 0.0741. The molecule has 7 heteroatoms. The van der Waals surface area contributed by atoms with Gasteiger partial charge < -0.3 is 15.0 Å². The van der Waals surface area contributed by atoms with Crippen LogP contribution in [0.15, 0.2) is 48.5 Å². The number of nitrogens with zero attached hydrogens (tertiary/aromatic N) is 1. The number of hydrogen-bond acceptors (Lipinski definition) is 3. The van der Waals surface area contributed by atoms with Gasteiger partial charge in [-0.05, 0) is 54.8 Å². The Labute approximate surface area is 156 Å². The van der Waals surface area contributed by atoms with Crippen molar-refractivity contribution in [3.63, 3.8) is 0 Å². The summed E-state index contributed by atoms with van der Waals surface area (Å²) in [7, 11) is 3.97. The van der Waals surface area contributed by atoms with E-state index in [4.69, 9.17) is 0 Å². The van der Waals surface area contributed by atoms with Gasteiger partial charge in [0.15, 0.2) is 6.61 Å². The number of halogens is 3. The average Bonchev–Trinajstić information content (AvgIpc) is 2.63. The van der Waals surface area contributed by atoms with Crippen molar-refractivity contribution in [2.75, 3.05) is 32.1 Å². The van der Waals surface area contributed by atoms with Crippen LogP contribution in [0.4, 0.5) is 18.9 Å². The molecule has 27 heavy (non-hydrogen) atoms. The minimum Gasteiger partial charge on any atom is -0.484 e. The van der Waals surface area contributed by atoms with E-state index in [1.54, 1.807) is 0 Å². The van der Waals surface area contributed by atoms with E-state index in [1.165, 1.54) is 29.8 Å². The van der Waals surface area contributed by atoms with Gasteiger partial charge in [0.1, 0.15) is 5.75 Å². The summed E-state index contributed by atoms with van der Waals surface area (Å²) in [4.78, 5) is 14.1. The molecule has 0 saturated heterocycles. The first-order valence-corrected chi connectivity index (χ1v) is 8.59. The first kappa shape index (κ1) is 20.6. The quantitative estimate of drug-likeness (QED) is 0.703. The molecule has 0 spiro atoms. The van der Waals surface area contributed by atoms with E-state index in [1.807, 2.05) is 19.0 Å². The van der Waals surface area contributed by atoms with E-state index in [0.29, 0.717) is 12.1 Å². The Morgan fingerprint density at radius 2 is 1.67 bits per heavy atom. The molecule has 0 radical (unpaired) electrons. The van der Waals surface area contributed by atoms with E-state index in [2.05, 4.69) is 34.3 Å². The maximum absolute atomic E-state index is 12.1. The SMILES string of the molecule is CN(C)c1ccc(CCCNC(=O)c2ccc(OCC(F)(F)F)cc2)cc1. The number of rotatable bonds is 8. The Morgan fingerprint density at radius 3 is 2.22 bits per heavy atom. The van der Waals surface area contributed by atoms with Gasteiger partial charge in [0.25, 0.3) is 5.91 Å². The second-order valence-corrected chi connectivity index (χ2v) is 6.35. The van der Waals surface area contributed by atoms with Gasteiger partial charge in [-0.3, -0.25) is 4.79 Å². The maximum Gasteiger partial charge on any atom is 0.422 e. The third kappa shape index (κ3) is 7.21. The zero-order valence-corrected chi connectivity index (χ0v) is 15.3. The fourth-order valence-corrected chi connectivity index (χ4v) is 2.42. The van der Waals surface area contributed by atoms with E-state index in [9.17, 15) is 18.0 Å². The first-order chi connectivity index (χ1) is 12.7. The fraction of sp³-hybridized carbons (Fsp3) is 0.350. The predicted molar refractivity (Wildman–Crippen MR) is 99.4 cm³/mol. The molecule has 1 amide bonds. The molecule has 2 rings (SSSR count). The molecule has 0 atom stereocenters. The third-order valence-electron chi connectivity index (χ3n) is 3.90. The summed E-state index contributed by atoms with van der Waals surface area (Å²) < 4.78 is 40.9. The minimum atomic E-state index is -4.39. The number of anilines is 1. The highest BCUT2D eigenvalue weighted by Gasteiger charge is 2.28. The van der Waals surface area contributed by atoms with Crippen molar-refractivity contribution in [2.45, 2.75) is 19.0 Å². The Morgan fingerprint density at radius 1 is 1.04 bits per heavy atom. The summed E-state index contributed by atoms with van der Waals surface area (Å²) in [6.07, 6.45) is -2.75. The molecule has 0 unspecified atom stereocenters. The van der Waals surface area contributed by atoms with Gasteiger partial charge in [-0.2, -0.15) is 13.2 Å². The van der Waals surface area contributed by atoms with Crippen molar-refractivity contribution in [3.8, 4) is 5.75 Å². The van der Waals surface area contributed by atoms with Gasteiger partial charge in [0, 0.05) is 31.9 Å². The number of amides is 1. The van der Waals surface area contributed by atoms with Crippen LogP contribution >= 0.6 is 0 Å². The topological polar surface area (TPSA) is 41.6 Å². The highest BCUT2D eigenvalue weighted by Crippen LogP contribution is 2.19. The first-order valence-electron chi connectivity index (χ1n) is 8.59. The molecule has 0 aliphatic rings. The summed E-state index contributed by atoms with van der Waals surface area (Å²) in [6.45, 7) is -0.839. The van der Waals surface area contributed by atoms with Gasteiger partial charge in [0.2, 0.25) is 0 Å². The van der Waals surface area contributed by atoms with Crippen LogP contribution < -0.4 is 15.0 Å². The molecular weight excluding hydrogens is 357 g/mol. The van der Waals surface area contributed by atoms with E-state index in [-0.39, 0.29) is 11.7 Å². The van der Waals surface area contributed by atoms with Gasteiger partial charge in [-0.15, -0.1) is 0 Å². The number of carbonyl (C=O) groups excluding carboxylic acids is 1. The van der Waals surface area contributed by atoms with Crippen molar-refractivity contribution < 1.29 is 22.7 Å². The molecule has 1 N–H and O–H groups in total. The lowest BCUT2D eigenvalue weighted by Gasteiger charge is -2.12. The van der Waals surface area contributed by atoms with Crippen molar-refractivity contribution >= 4 is 11.6 Å². The Balaban J connectivity index is 1.73. The monoisotopic (exact) mass is 380 g/mol. The number of carbonyl (C=O) groups is 1. The Kier molecular flexibility index (Phi) is 7.10. The zero-order chi connectivity index (χ0) is 19.9. The summed E-state index contributed by atoms with van der Waals surface area (Å²) in [5, 5.41) is 2.81. The number of benzene rings is 2. The second-order valence-electron chi connectivity index (χ2n) is 6.35. The molecule has 0 aliphatic carbocycles. The summed E-state index contributed by atoms with van der Waals surface area (Å²) >= 11 is 0. The molecule has 0 heterocycles. The van der Waals surface area contributed by atoms with Crippen LogP contribution in [0.2, 0.25) is 0 Å². The standard InChI is InChI=1S/C20H23F3N2O2/c1-25(2)17-9-5-15(6-10-17)4-3-13-24-19(26)16-7-11-18(12-8-16)27-14-20(21,22)23/h5-12H,3-4,13-14H2,1-2H3,(H,24,26). The van der Waals surface area contributed by atoms with Crippen LogP contribution in [0.3, 0.4) is 0 Å². The lowest BCUT2D eigenvalue weighted by molar-refractivity contribution is -0.153. The molecule has 2 aromatic carbocycles. The van der Waals surface area contributed by atoms with Crippen LogP contribution in [0.1, 0.15) is 22.3 Å². The molecule has 4 nitrogen and oxygen atoms in total. The number of nitrogens with one attached hydrogen (secondary N) is 1. The summed E-state index contributed by atoms with van der Waals surface area (Å²) in [5.74, 6) is -0.189. The highest BCUT2D eigenvalue weighted by molar-refractivity contribution is 5.94. The highest BCUT2D eigenvalue weighted by atomic mass is 19.4. The molecule has 146 valence electrons. The number of hydrogen-bond donors (Lipinski definition) is 1. The van der Waals surface area contributed by atoms with Crippen molar-refractivity contribution in [3.05, 3.63) is 59.7 Å². The number of alkyl halides is 3. The Hall–Kier alpha value is -2.70. The zero-order valence-electron chi connectivity index (χ0n) is 15.3. The van der Waals surface area contributed by atoms with Crippen LogP contribution in [0.25, 0.3) is 0 Å². The molecule has 0 saturated carbocycles. The summed E-state index contributed by atoms with van der Waals surface area (Å²) in [6, 6.07) is 13.8. The van der Waals surface area contributed by atoms with Gasteiger partial charge in [-0.25, -0.2) is 0 Å². The predicted octanol–water partition coefficient (Wildman–Crippen LogP) is 4.06. The number of aryl methyl sites for hydroxylation is 1. The molecule has 0 fully saturated rings. The second kappa shape index (κ2) is 9.30. The smallest absolute Gasteiger partial charge is 0.422 e. The molecule has 2 aromatic rings. The molecule has 0 aromatic heterocycles. The average molecular weight is 380 g/mol. The van der Waals surface area contributed by atoms with E-state index in [0.717, 1.165) is 18.5 Å². The normalized spacial score (nSPS) is 11.1. The molecular formula is C20H23F3N2O2. The third-order valence-corrected chi connectivity index (χ3v) is 3.90. The molecule has 0 bridgehead atoms. The van der Waals surface area contributed by atoms with E-state index < -0.39 is 12.8 Å². The van der Waals surface area contributed by atoms with E-state index >= 15 is 0 Å². The number of ether oxygens (including phenoxy) is 1. The summed E-state index contributed by atoms with van der Waals surface area (Å²) in [5.41, 5.74) is 2.71. The fourth-order valence-electron chi connectivity index (χ4n) is 2.42. The van der Waals surface area contributed by atoms with Crippen molar-refractivity contribution in [2.24, 2.45) is 0 Å². The molecule has 0 aliphatic heterocycles. The van der Waals surface area contributed by atoms with Crippen LogP contribution in [-0.4, -0.2) is 39.3 Å². The maximum atomic E-state index is 12.1. The lowest BCUT2D eigenvalue weighted by atomic mass is 10.1. The van der Waals surface area contributed by atoms with Gasteiger partial charge >= 0.3 is 6.18 Å².